The molecule has 0 saturated heterocycles. The van der Waals surface area contributed by atoms with Gasteiger partial charge >= 0.3 is 6.98 Å². The maximum Gasteiger partial charge on any atom is 0.417 e. The Bertz CT molecular complexity index is 1520. The number of benzene rings is 3. The van der Waals surface area contributed by atoms with E-state index < -0.39 is 0 Å². The third kappa shape index (κ3) is 4.46. The van der Waals surface area contributed by atoms with Crippen LogP contribution < -0.4 is 19.9 Å². The molecular formula is C32H36BN5O. The van der Waals surface area contributed by atoms with Gasteiger partial charge in [0.15, 0.2) is 0 Å². The molecular weight excluding hydrogens is 481 g/mol. The predicted molar refractivity (Wildman–Crippen MR) is 162 cm³/mol. The highest BCUT2D eigenvalue weighted by molar-refractivity contribution is 6.77. The molecule has 0 saturated carbocycles. The van der Waals surface area contributed by atoms with E-state index in [2.05, 4.69) is 128 Å². The third-order valence-corrected chi connectivity index (χ3v) is 7.83. The third-order valence-electron chi connectivity index (χ3n) is 7.83. The summed E-state index contributed by atoms with van der Waals surface area (Å²) in [6, 6.07) is 21.4. The van der Waals surface area contributed by atoms with E-state index in [1.807, 2.05) is 18.3 Å². The van der Waals surface area contributed by atoms with Gasteiger partial charge in [0, 0.05) is 54.8 Å². The van der Waals surface area contributed by atoms with Crippen LogP contribution in [0.15, 0.2) is 85.5 Å². The standard InChI is InChI=1S/C32H36BN5O/c1-22(2)27-11-8-12-28(23(3)4)31(27)33-36(6)30-14-13-26(20-29(30)32-34-15-16-38(32)33)39-25-10-7-9-24(19-25)37-18-17-35(5)21-37/h7-20,22-23H,21H2,1-6H3. The van der Waals surface area contributed by atoms with Crippen LogP contribution in [0.1, 0.15) is 50.7 Å². The molecule has 1 aromatic heterocycles. The minimum atomic E-state index is 0.0288. The van der Waals surface area contributed by atoms with Crippen molar-refractivity contribution in [2.45, 2.75) is 39.5 Å². The van der Waals surface area contributed by atoms with Gasteiger partial charge in [-0.1, -0.05) is 52.0 Å². The molecule has 3 aromatic carbocycles. The van der Waals surface area contributed by atoms with Crippen molar-refractivity contribution in [2.75, 3.05) is 30.5 Å². The van der Waals surface area contributed by atoms with Gasteiger partial charge in [-0.2, -0.15) is 0 Å². The van der Waals surface area contributed by atoms with Crippen molar-refractivity contribution in [3.05, 3.63) is 96.6 Å². The van der Waals surface area contributed by atoms with E-state index in [1.54, 1.807) is 0 Å². The summed E-state index contributed by atoms with van der Waals surface area (Å²) < 4.78 is 8.71. The maximum absolute atomic E-state index is 6.39. The lowest BCUT2D eigenvalue weighted by molar-refractivity contribution is 0.481. The van der Waals surface area contributed by atoms with Gasteiger partial charge < -0.3 is 23.8 Å². The van der Waals surface area contributed by atoms with Crippen LogP contribution in [-0.4, -0.2) is 42.1 Å². The Labute approximate surface area is 232 Å². The number of ether oxygens (including phenoxy) is 1. The van der Waals surface area contributed by atoms with Gasteiger partial charge in [-0.25, -0.2) is 4.98 Å². The molecule has 7 heteroatoms. The Morgan fingerprint density at radius 2 is 1.56 bits per heavy atom. The quantitative estimate of drug-likeness (QED) is 0.274. The van der Waals surface area contributed by atoms with Crippen molar-refractivity contribution in [1.29, 1.82) is 0 Å². The summed E-state index contributed by atoms with van der Waals surface area (Å²) in [5.74, 6) is 3.41. The lowest BCUT2D eigenvalue weighted by Gasteiger charge is -2.37. The van der Waals surface area contributed by atoms with E-state index in [0.29, 0.717) is 11.8 Å². The predicted octanol–water partition coefficient (Wildman–Crippen LogP) is 6.46. The average Bonchev–Trinajstić information content (AvgIpc) is 3.58. The van der Waals surface area contributed by atoms with E-state index >= 15 is 0 Å². The molecule has 0 amide bonds. The Kier molecular flexibility index (Phi) is 6.38. The van der Waals surface area contributed by atoms with E-state index in [9.17, 15) is 0 Å². The van der Waals surface area contributed by atoms with Crippen molar-refractivity contribution in [2.24, 2.45) is 0 Å². The highest BCUT2D eigenvalue weighted by Gasteiger charge is 2.38. The molecule has 0 radical (unpaired) electrons. The van der Waals surface area contributed by atoms with Gasteiger partial charge in [-0.3, -0.25) is 0 Å². The summed E-state index contributed by atoms with van der Waals surface area (Å²) in [6.45, 7) is 9.99. The van der Waals surface area contributed by atoms with E-state index in [-0.39, 0.29) is 6.98 Å². The van der Waals surface area contributed by atoms with Crippen LogP contribution in [0.2, 0.25) is 0 Å². The molecule has 2 aliphatic heterocycles. The number of anilines is 2. The first-order valence-corrected chi connectivity index (χ1v) is 13.8. The molecule has 0 atom stereocenters. The second-order valence-electron chi connectivity index (χ2n) is 11.2. The van der Waals surface area contributed by atoms with Crippen molar-refractivity contribution in [3.63, 3.8) is 0 Å². The Morgan fingerprint density at radius 3 is 2.26 bits per heavy atom. The highest BCUT2D eigenvalue weighted by Crippen LogP contribution is 2.39. The van der Waals surface area contributed by atoms with Crippen LogP contribution in [0.5, 0.6) is 11.5 Å². The van der Waals surface area contributed by atoms with Gasteiger partial charge in [-0.15, -0.1) is 0 Å². The molecule has 4 aromatic rings. The molecule has 0 fully saturated rings. The van der Waals surface area contributed by atoms with Crippen LogP contribution in [0.4, 0.5) is 11.4 Å². The smallest absolute Gasteiger partial charge is 0.417 e. The minimum absolute atomic E-state index is 0.0288. The van der Waals surface area contributed by atoms with Gasteiger partial charge in [0.05, 0.1) is 6.67 Å². The fraction of sp³-hybridized carbons (Fsp3) is 0.281. The number of fused-ring (bicyclic) bond motifs is 3. The minimum Gasteiger partial charge on any atom is -0.457 e. The zero-order valence-corrected chi connectivity index (χ0v) is 23.7. The zero-order valence-electron chi connectivity index (χ0n) is 23.7. The molecule has 6 rings (SSSR count). The lowest BCUT2D eigenvalue weighted by atomic mass is 9.58. The Morgan fingerprint density at radius 1 is 0.846 bits per heavy atom. The number of imidazole rings is 1. The normalized spacial score (nSPS) is 14.5. The van der Waals surface area contributed by atoms with Crippen molar-refractivity contribution < 1.29 is 4.74 Å². The summed E-state index contributed by atoms with van der Waals surface area (Å²) in [4.78, 5) is 11.6. The highest BCUT2D eigenvalue weighted by atomic mass is 16.5. The monoisotopic (exact) mass is 517 g/mol. The first-order chi connectivity index (χ1) is 18.8. The summed E-state index contributed by atoms with van der Waals surface area (Å²) in [7, 11) is 4.26. The molecule has 0 bridgehead atoms. The molecule has 0 aliphatic carbocycles. The van der Waals surface area contributed by atoms with Crippen molar-refractivity contribution in [1.82, 2.24) is 14.4 Å². The van der Waals surface area contributed by atoms with Gasteiger partial charge in [0.1, 0.15) is 17.3 Å². The number of aromatic nitrogens is 2. The second-order valence-corrected chi connectivity index (χ2v) is 11.2. The number of hydrogen-bond acceptors (Lipinski definition) is 5. The fourth-order valence-electron chi connectivity index (χ4n) is 5.90. The van der Waals surface area contributed by atoms with Crippen LogP contribution in [0.25, 0.3) is 11.4 Å². The van der Waals surface area contributed by atoms with Gasteiger partial charge in [0.25, 0.3) is 0 Å². The summed E-state index contributed by atoms with van der Waals surface area (Å²) in [6.07, 6.45) is 8.19. The maximum atomic E-state index is 6.39. The zero-order chi connectivity index (χ0) is 27.3. The Hall–Kier alpha value is -4.13. The lowest BCUT2D eigenvalue weighted by Crippen LogP contribution is -2.56. The van der Waals surface area contributed by atoms with Crippen LogP contribution in [0.3, 0.4) is 0 Å². The summed E-state index contributed by atoms with van der Waals surface area (Å²) in [5, 5.41) is 0. The SMILES string of the molecule is CC(C)c1cccc(C(C)C)c1B1N(C)c2ccc(Oc3cccc(N4C=CN(C)C4)c3)cc2-c2nccn21. The molecule has 0 spiro atoms. The molecule has 198 valence electrons. The van der Waals surface area contributed by atoms with Crippen molar-refractivity contribution in [3.8, 4) is 22.9 Å². The van der Waals surface area contributed by atoms with Crippen molar-refractivity contribution >= 4 is 23.8 Å². The summed E-state index contributed by atoms with van der Waals surface area (Å²) >= 11 is 0. The molecule has 39 heavy (non-hydrogen) atoms. The van der Waals surface area contributed by atoms with E-state index in [1.165, 1.54) is 16.6 Å². The van der Waals surface area contributed by atoms with Crippen LogP contribution in [-0.2, 0) is 0 Å². The van der Waals surface area contributed by atoms with Gasteiger partial charge in [-0.05, 0) is 65.8 Å². The number of hydrogen-bond donors (Lipinski definition) is 0. The van der Waals surface area contributed by atoms with Crippen LogP contribution in [0, 0.1) is 0 Å². The van der Waals surface area contributed by atoms with Crippen LogP contribution >= 0.6 is 0 Å². The number of rotatable bonds is 6. The first kappa shape index (κ1) is 25.2. The van der Waals surface area contributed by atoms with E-state index in [4.69, 9.17) is 9.72 Å². The van der Waals surface area contributed by atoms with Gasteiger partial charge in [0.2, 0.25) is 0 Å². The molecule has 6 nitrogen and oxygen atoms in total. The Balaban J connectivity index is 1.37. The molecule has 3 heterocycles. The van der Waals surface area contributed by atoms with E-state index in [0.717, 1.165) is 40.9 Å². The summed E-state index contributed by atoms with van der Waals surface area (Å²) in [5.41, 5.74) is 7.49. The largest absolute Gasteiger partial charge is 0.457 e. The fourth-order valence-corrected chi connectivity index (χ4v) is 5.90. The molecule has 0 unspecified atom stereocenters. The molecule has 0 N–H and O–H groups in total. The number of nitrogens with zero attached hydrogens (tertiary/aromatic N) is 5. The second kappa shape index (κ2) is 9.88. The first-order valence-electron chi connectivity index (χ1n) is 13.8. The average molecular weight is 517 g/mol. The topological polar surface area (TPSA) is 36.8 Å². The molecule has 2 aliphatic rings.